The van der Waals surface area contributed by atoms with Gasteiger partial charge in [0.15, 0.2) is 0 Å². The van der Waals surface area contributed by atoms with Crippen molar-refractivity contribution in [3.05, 3.63) is 34.0 Å². The Morgan fingerprint density at radius 2 is 2.00 bits per heavy atom. The standard InChI is InChI=1S/C16H18N2OS2/c1-9-2-5-13(20-9)14-6-7-15(21-14)16(19)18-12-8-10-3-4-11(12)17-10/h2,5-7,10-12,17H,3-4,8H2,1H3,(H,18,19)/t10-,11+,12-/m1/s1. The van der Waals surface area contributed by atoms with Crippen LogP contribution in [0.4, 0.5) is 0 Å². The maximum absolute atomic E-state index is 12.4. The highest BCUT2D eigenvalue weighted by atomic mass is 32.1. The van der Waals surface area contributed by atoms with Gasteiger partial charge in [-0.05, 0) is 50.5 Å². The summed E-state index contributed by atoms with van der Waals surface area (Å²) in [6.45, 7) is 2.11. The van der Waals surface area contributed by atoms with Crippen molar-refractivity contribution in [2.75, 3.05) is 0 Å². The Hall–Kier alpha value is -1.17. The fourth-order valence-electron chi connectivity index (χ4n) is 3.38. The zero-order chi connectivity index (χ0) is 14.4. The topological polar surface area (TPSA) is 41.1 Å². The number of thiophene rings is 2. The first kappa shape index (κ1) is 13.5. The normalized spacial score (nSPS) is 27.2. The Morgan fingerprint density at radius 1 is 1.19 bits per heavy atom. The van der Waals surface area contributed by atoms with E-state index in [4.69, 9.17) is 0 Å². The molecule has 4 heterocycles. The van der Waals surface area contributed by atoms with Crippen molar-refractivity contribution in [3.8, 4) is 9.75 Å². The number of fused-ring (bicyclic) bond motifs is 2. The number of carbonyl (C=O) groups excluding carboxylic acids is 1. The number of aryl methyl sites for hydroxylation is 1. The van der Waals surface area contributed by atoms with Crippen LogP contribution in [0.2, 0.25) is 0 Å². The maximum Gasteiger partial charge on any atom is 0.261 e. The van der Waals surface area contributed by atoms with E-state index in [0.29, 0.717) is 18.1 Å². The van der Waals surface area contributed by atoms with Crippen molar-refractivity contribution in [1.29, 1.82) is 0 Å². The minimum Gasteiger partial charge on any atom is -0.347 e. The molecular formula is C16H18N2OS2. The van der Waals surface area contributed by atoms with Crippen LogP contribution in [-0.4, -0.2) is 24.0 Å². The molecule has 0 aliphatic carbocycles. The Labute approximate surface area is 132 Å². The molecule has 2 aromatic rings. The molecule has 2 N–H and O–H groups in total. The van der Waals surface area contributed by atoms with Crippen LogP contribution < -0.4 is 10.6 Å². The number of amides is 1. The highest BCUT2D eigenvalue weighted by molar-refractivity contribution is 7.23. The van der Waals surface area contributed by atoms with Gasteiger partial charge in [-0.15, -0.1) is 22.7 Å². The van der Waals surface area contributed by atoms with Crippen molar-refractivity contribution >= 4 is 28.6 Å². The first-order valence-electron chi connectivity index (χ1n) is 7.42. The van der Waals surface area contributed by atoms with Crippen molar-refractivity contribution in [2.45, 2.75) is 44.3 Å². The van der Waals surface area contributed by atoms with Gasteiger partial charge in [0.1, 0.15) is 0 Å². The predicted molar refractivity (Wildman–Crippen MR) is 88.2 cm³/mol. The van der Waals surface area contributed by atoms with Crippen LogP contribution in [-0.2, 0) is 0 Å². The largest absolute Gasteiger partial charge is 0.347 e. The number of hydrogen-bond donors (Lipinski definition) is 2. The average molecular weight is 318 g/mol. The lowest BCUT2D eigenvalue weighted by Gasteiger charge is -2.20. The average Bonchev–Trinajstić information content (AvgIpc) is 3.22. The summed E-state index contributed by atoms with van der Waals surface area (Å²) >= 11 is 3.37. The van der Waals surface area contributed by atoms with Gasteiger partial charge in [0.25, 0.3) is 5.91 Å². The van der Waals surface area contributed by atoms with Crippen molar-refractivity contribution in [2.24, 2.45) is 0 Å². The van der Waals surface area contributed by atoms with E-state index >= 15 is 0 Å². The monoisotopic (exact) mass is 318 g/mol. The molecule has 1 amide bonds. The van der Waals surface area contributed by atoms with Gasteiger partial charge in [0.05, 0.1) is 4.88 Å². The Balaban J connectivity index is 1.46. The van der Waals surface area contributed by atoms with Gasteiger partial charge in [-0.2, -0.15) is 0 Å². The molecule has 110 valence electrons. The lowest BCUT2D eigenvalue weighted by Crippen LogP contribution is -2.42. The van der Waals surface area contributed by atoms with Crippen molar-refractivity contribution < 1.29 is 4.79 Å². The van der Waals surface area contributed by atoms with Gasteiger partial charge in [-0.25, -0.2) is 0 Å². The maximum atomic E-state index is 12.4. The SMILES string of the molecule is Cc1ccc(-c2ccc(C(=O)N[C@@H]3C[C@H]4CC[C@@H]3N4)s2)s1. The molecule has 2 bridgehead atoms. The van der Waals surface area contributed by atoms with Crippen molar-refractivity contribution in [3.63, 3.8) is 0 Å². The van der Waals surface area contributed by atoms with Gasteiger partial charge in [-0.3, -0.25) is 4.79 Å². The van der Waals surface area contributed by atoms with E-state index in [1.165, 1.54) is 27.5 Å². The number of nitrogens with one attached hydrogen (secondary N) is 2. The minimum absolute atomic E-state index is 0.0823. The Morgan fingerprint density at radius 3 is 2.67 bits per heavy atom. The third kappa shape index (κ3) is 2.54. The summed E-state index contributed by atoms with van der Waals surface area (Å²) < 4.78 is 0. The van der Waals surface area contributed by atoms with Crippen molar-refractivity contribution in [1.82, 2.24) is 10.6 Å². The van der Waals surface area contributed by atoms with E-state index in [1.54, 1.807) is 22.7 Å². The molecule has 0 unspecified atom stereocenters. The van der Waals surface area contributed by atoms with E-state index in [-0.39, 0.29) is 5.91 Å². The molecule has 0 aromatic carbocycles. The molecule has 3 atom stereocenters. The fourth-order valence-corrected chi connectivity index (χ4v) is 5.25. The summed E-state index contributed by atoms with van der Waals surface area (Å²) in [5.41, 5.74) is 0. The van der Waals surface area contributed by atoms with Crippen LogP contribution in [0, 0.1) is 6.92 Å². The molecule has 21 heavy (non-hydrogen) atoms. The molecule has 0 radical (unpaired) electrons. The molecule has 0 saturated carbocycles. The lowest BCUT2D eigenvalue weighted by atomic mass is 9.95. The van der Waals surface area contributed by atoms with Crippen LogP contribution in [0.1, 0.15) is 33.8 Å². The molecular weight excluding hydrogens is 300 g/mol. The second kappa shape index (κ2) is 5.23. The van der Waals surface area contributed by atoms with Crippen LogP contribution in [0.5, 0.6) is 0 Å². The second-order valence-electron chi connectivity index (χ2n) is 5.94. The summed E-state index contributed by atoms with van der Waals surface area (Å²) in [6.07, 6.45) is 3.54. The predicted octanol–water partition coefficient (Wildman–Crippen LogP) is 3.41. The molecule has 2 fully saturated rings. The van der Waals surface area contributed by atoms with Gasteiger partial charge in [0.2, 0.25) is 0 Å². The highest BCUT2D eigenvalue weighted by Crippen LogP contribution is 2.34. The first-order valence-corrected chi connectivity index (χ1v) is 9.06. The zero-order valence-electron chi connectivity index (χ0n) is 11.9. The molecule has 2 aromatic heterocycles. The number of carbonyl (C=O) groups is 1. The van der Waals surface area contributed by atoms with Gasteiger partial charge in [-0.1, -0.05) is 0 Å². The summed E-state index contributed by atoms with van der Waals surface area (Å²) in [6, 6.07) is 9.68. The Kier molecular flexibility index (Phi) is 3.36. The first-order chi connectivity index (χ1) is 10.2. The van der Waals surface area contributed by atoms with E-state index in [9.17, 15) is 4.79 Å². The molecule has 2 saturated heterocycles. The van der Waals surface area contributed by atoms with Crippen LogP contribution in [0.25, 0.3) is 9.75 Å². The minimum atomic E-state index is 0.0823. The quantitative estimate of drug-likeness (QED) is 0.910. The third-order valence-corrected chi connectivity index (χ3v) is 6.71. The van der Waals surface area contributed by atoms with E-state index < -0.39 is 0 Å². The third-order valence-electron chi connectivity index (χ3n) is 4.43. The zero-order valence-corrected chi connectivity index (χ0v) is 13.5. The molecule has 4 rings (SSSR count). The fraction of sp³-hybridized carbons (Fsp3) is 0.438. The summed E-state index contributed by atoms with van der Waals surface area (Å²) in [5.74, 6) is 0.0823. The smallest absolute Gasteiger partial charge is 0.261 e. The van der Waals surface area contributed by atoms with Gasteiger partial charge in [0, 0.05) is 32.8 Å². The lowest BCUT2D eigenvalue weighted by molar-refractivity contribution is 0.0935. The van der Waals surface area contributed by atoms with Crippen LogP contribution >= 0.6 is 22.7 Å². The van der Waals surface area contributed by atoms with E-state index in [2.05, 4.69) is 35.8 Å². The van der Waals surface area contributed by atoms with Crippen LogP contribution in [0.15, 0.2) is 24.3 Å². The van der Waals surface area contributed by atoms with E-state index in [0.717, 1.165) is 11.3 Å². The summed E-state index contributed by atoms with van der Waals surface area (Å²) in [7, 11) is 0. The molecule has 2 aliphatic rings. The second-order valence-corrected chi connectivity index (χ2v) is 8.31. The van der Waals surface area contributed by atoms with Gasteiger partial charge >= 0.3 is 0 Å². The molecule has 3 nitrogen and oxygen atoms in total. The number of hydrogen-bond acceptors (Lipinski definition) is 4. The summed E-state index contributed by atoms with van der Waals surface area (Å²) in [5, 5.41) is 6.77. The highest BCUT2D eigenvalue weighted by Gasteiger charge is 2.39. The van der Waals surface area contributed by atoms with Gasteiger partial charge < -0.3 is 10.6 Å². The van der Waals surface area contributed by atoms with Crippen LogP contribution in [0.3, 0.4) is 0 Å². The van der Waals surface area contributed by atoms with E-state index in [1.807, 2.05) is 6.07 Å². The molecule has 5 heteroatoms. The number of rotatable bonds is 3. The molecule has 0 spiro atoms. The summed E-state index contributed by atoms with van der Waals surface area (Å²) in [4.78, 5) is 17.0. The molecule has 2 aliphatic heterocycles. The Bertz CT molecular complexity index is 675.